The monoisotopic (exact) mass is 244 g/mol. The van der Waals surface area contributed by atoms with Gasteiger partial charge in [0.1, 0.15) is 0 Å². The molecule has 1 amide bonds. The van der Waals surface area contributed by atoms with E-state index in [1.807, 2.05) is 0 Å². The van der Waals surface area contributed by atoms with Crippen LogP contribution < -0.4 is 11.1 Å². The van der Waals surface area contributed by atoms with Crippen molar-refractivity contribution in [2.24, 2.45) is 5.73 Å². The molecule has 0 radical (unpaired) electrons. The van der Waals surface area contributed by atoms with Gasteiger partial charge < -0.3 is 20.9 Å². The minimum absolute atomic E-state index is 0.300. The van der Waals surface area contributed by atoms with Crippen LogP contribution in [0, 0.1) is 0 Å². The maximum Gasteiger partial charge on any atom is 0.237 e. The first-order valence-electron chi connectivity index (χ1n) is 6.26. The third-order valence-electron chi connectivity index (χ3n) is 3.22. The molecule has 0 aliphatic heterocycles. The quantitative estimate of drug-likeness (QED) is 0.595. The molecule has 17 heavy (non-hydrogen) atoms. The lowest BCUT2D eigenvalue weighted by Crippen LogP contribution is -2.53. The Hall–Kier alpha value is -0.650. The molecule has 1 aliphatic carbocycles. The number of aliphatic hydroxyl groups excluding tert-OH is 1. The van der Waals surface area contributed by atoms with Crippen molar-refractivity contribution in [2.75, 3.05) is 13.2 Å². The van der Waals surface area contributed by atoms with Crippen molar-refractivity contribution in [3.8, 4) is 0 Å². The molecule has 0 spiro atoms. The number of carbonyl (C=O) groups is 1. The van der Waals surface area contributed by atoms with Crippen LogP contribution in [0.15, 0.2) is 0 Å². The molecule has 4 N–H and O–H groups in total. The average Bonchev–Trinajstić information content (AvgIpc) is 2.76. The van der Waals surface area contributed by atoms with E-state index in [1.165, 1.54) is 12.8 Å². The maximum atomic E-state index is 11.0. The number of amides is 1. The van der Waals surface area contributed by atoms with Crippen LogP contribution in [0.3, 0.4) is 0 Å². The standard InChI is InChI=1S/C12H24N2O3/c1-12(2,11(13)16)14-7-9(15)8-17-10-5-3-4-6-10/h9-10,14-15H,3-8H2,1-2H3,(H2,13,16). The summed E-state index contributed by atoms with van der Waals surface area (Å²) in [6, 6.07) is 0. The summed E-state index contributed by atoms with van der Waals surface area (Å²) in [6.07, 6.45) is 4.31. The van der Waals surface area contributed by atoms with Crippen molar-refractivity contribution in [2.45, 2.75) is 57.3 Å². The Morgan fingerprint density at radius 2 is 2.12 bits per heavy atom. The fourth-order valence-electron chi connectivity index (χ4n) is 1.82. The van der Waals surface area contributed by atoms with Crippen molar-refractivity contribution in [1.82, 2.24) is 5.32 Å². The smallest absolute Gasteiger partial charge is 0.237 e. The summed E-state index contributed by atoms with van der Waals surface area (Å²) in [7, 11) is 0. The second-order valence-corrected chi connectivity index (χ2v) is 5.26. The molecule has 1 atom stereocenters. The van der Waals surface area contributed by atoms with Gasteiger partial charge in [0.05, 0.1) is 24.4 Å². The summed E-state index contributed by atoms with van der Waals surface area (Å²) in [6.45, 7) is 4.01. The largest absolute Gasteiger partial charge is 0.389 e. The Morgan fingerprint density at radius 3 is 2.65 bits per heavy atom. The summed E-state index contributed by atoms with van der Waals surface area (Å²) in [5.74, 6) is -0.429. The lowest BCUT2D eigenvalue weighted by molar-refractivity contribution is -0.123. The Bertz CT molecular complexity index is 250. The number of nitrogens with two attached hydrogens (primary N) is 1. The van der Waals surface area contributed by atoms with Crippen LogP contribution in [-0.2, 0) is 9.53 Å². The number of nitrogens with one attached hydrogen (secondary N) is 1. The van der Waals surface area contributed by atoms with E-state index in [4.69, 9.17) is 10.5 Å². The molecule has 5 nitrogen and oxygen atoms in total. The molecule has 1 fully saturated rings. The maximum absolute atomic E-state index is 11.0. The topological polar surface area (TPSA) is 84.6 Å². The van der Waals surface area contributed by atoms with E-state index in [0.29, 0.717) is 19.3 Å². The van der Waals surface area contributed by atoms with Crippen LogP contribution >= 0.6 is 0 Å². The Kier molecular flexibility index (Phi) is 5.36. The van der Waals surface area contributed by atoms with Crippen LogP contribution in [0.25, 0.3) is 0 Å². The molecule has 0 aromatic heterocycles. The van der Waals surface area contributed by atoms with Crippen molar-refractivity contribution in [3.63, 3.8) is 0 Å². The Balaban J connectivity index is 2.16. The van der Waals surface area contributed by atoms with Gasteiger partial charge in [0.25, 0.3) is 0 Å². The fraction of sp³-hybridized carbons (Fsp3) is 0.917. The summed E-state index contributed by atoms with van der Waals surface area (Å²) in [5.41, 5.74) is 4.42. The zero-order chi connectivity index (χ0) is 12.9. The molecule has 0 heterocycles. The van der Waals surface area contributed by atoms with E-state index >= 15 is 0 Å². The number of primary amides is 1. The molecular formula is C12H24N2O3. The van der Waals surface area contributed by atoms with Crippen LogP contribution in [0.4, 0.5) is 0 Å². The Morgan fingerprint density at radius 1 is 1.53 bits per heavy atom. The van der Waals surface area contributed by atoms with E-state index in [2.05, 4.69) is 5.32 Å². The highest BCUT2D eigenvalue weighted by Gasteiger charge is 2.25. The molecule has 1 saturated carbocycles. The number of ether oxygens (including phenoxy) is 1. The third-order valence-corrected chi connectivity index (χ3v) is 3.22. The summed E-state index contributed by atoms with van der Waals surface area (Å²) in [5, 5.41) is 12.6. The van der Waals surface area contributed by atoms with E-state index in [1.54, 1.807) is 13.8 Å². The highest BCUT2D eigenvalue weighted by Crippen LogP contribution is 2.20. The van der Waals surface area contributed by atoms with Crippen LogP contribution in [0.2, 0.25) is 0 Å². The molecule has 5 heteroatoms. The fourth-order valence-corrected chi connectivity index (χ4v) is 1.82. The summed E-state index contributed by atoms with van der Waals surface area (Å²) >= 11 is 0. The highest BCUT2D eigenvalue weighted by atomic mass is 16.5. The molecular weight excluding hydrogens is 220 g/mol. The van der Waals surface area contributed by atoms with E-state index in [9.17, 15) is 9.90 Å². The lowest BCUT2D eigenvalue weighted by Gasteiger charge is -2.24. The highest BCUT2D eigenvalue weighted by molar-refractivity contribution is 5.83. The molecule has 0 saturated heterocycles. The van der Waals surface area contributed by atoms with Gasteiger partial charge in [-0.2, -0.15) is 0 Å². The first-order valence-corrected chi connectivity index (χ1v) is 6.26. The van der Waals surface area contributed by atoms with Gasteiger partial charge >= 0.3 is 0 Å². The van der Waals surface area contributed by atoms with Gasteiger partial charge in [-0.3, -0.25) is 4.79 Å². The minimum Gasteiger partial charge on any atom is -0.389 e. The number of aliphatic hydroxyl groups is 1. The number of hydrogen-bond donors (Lipinski definition) is 3. The van der Waals surface area contributed by atoms with Gasteiger partial charge in [0, 0.05) is 6.54 Å². The normalized spacial score (nSPS) is 19.5. The van der Waals surface area contributed by atoms with Crippen LogP contribution in [0.5, 0.6) is 0 Å². The molecule has 1 aliphatic rings. The van der Waals surface area contributed by atoms with Gasteiger partial charge in [0.15, 0.2) is 0 Å². The van der Waals surface area contributed by atoms with Crippen molar-refractivity contribution >= 4 is 5.91 Å². The van der Waals surface area contributed by atoms with Crippen molar-refractivity contribution in [3.05, 3.63) is 0 Å². The summed E-state index contributed by atoms with van der Waals surface area (Å²) < 4.78 is 5.58. The first kappa shape index (κ1) is 14.4. The van der Waals surface area contributed by atoms with Gasteiger partial charge in [-0.05, 0) is 26.7 Å². The predicted octanol–water partition coefficient (Wildman–Crippen LogP) is 0.160. The number of hydrogen-bond acceptors (Lipinski definition) is 4. The van der Waals surface area contributed by atoms with Gasteiger partial charge in [-0.1, -0.05) is 12.8 Å². The van der Waals surface area contributed by atoms with Crippen molar-refractivity contribution < 1.29 is 14.6 Å². The molecule has 0 aromatic carbocycles. The second kappa shape index (κ2) is 6.33. The molecule has 0 aromatic rings. The predicted molar refractivity (Wildman–Crippen MR) is 65.5 cm³/mol. The number of rotatable bonds is 7. The van der Waals surface area contributed by atoms with Gasteiger partial charge in [-0.25, -0.2) is 0 Å². The Labute approximate surface area is 103 Å². The second-order valence-electron chi connectivity index (χ2n) is 5.26. The number of carbonyl (C=O) groups excluding carboxylic acids is 1. The van der Waals surface area contributed by atoms with E-state index in [-0.39, 0.29) is 0 Å². The SMILES string of the molecule is CC(C)(NCC(O)COC1CCCC1)C(N)=O. The lowest BCUT2D eigenvalue weighted by atomic mass is 10.1. The average molecular weight is 244 g/mol. The van der Waals surface area contributed by atoms with Crippen LogP contribution in [0.1, 0.15) is 39.5 Å². The first-order chi connectivity index (χ1) is 7.92. The van der Waals surface area contributed by atoms with E-state index in [0.717, 1.165) is 12.8 Å². The number of β-amino-alcohol motifs (C(OH)–C–C–N with tert-alkyl or cyclic N) is 1. The van der Waals surface area contributed by atoms with Crippen molar-refractivity contribution in [1.29, 1.82) is 0 Å². The molecule has 1 rings (SSSR count). The third kappa shape index (κ3) is 5.02. The van der Waals surface area contributed by atoms with Gasteiger partial charge in [0.2, 0.25) is 5.91 Å². The van der Waals surface area contributed by atoms with Gasteiger partial charge in [-0.15, -0.1) is 0 Å². The molecule has 0 bridgehead atoms. The molecule has 1 unspecified atom stereocenters. The summed E-state index contributed by atoms with van der Waals surface area (Å²) in [4.78, 5) is 11.0. The minimum atomic E-state index is -0.797. The van der Waals surface area contributed by atoms with Crippen LogP contribution in [-0.4, -0.2) is 41.9 Å². The zero-order valence-corrected chi connectivity index (χ0v) is 10.7. The van der Waals surface area contributed by atoms with E-state index < -0.39 is 17.6 Å². The zero-order valence-electron chi connectivity index (χ0n) is 10.7. The molecule has 100 valence electrons.